The number of hydrogen-bond acceptors (Lipinski definition) is 4. The van der Waals surface area contributed by atoms with Crippen molar-refractivity contribution in [3.63, 3.8) is 0 Å². The van der Waals surface area contributed by atoms with Crippen LogP contribution in [0.1, 0.15) is 17.7 Å². The minimum absolute atomic E-state index is 0.159. The predicted octanol–water partition coefficient (Wildman–Crippen LogP) is 5.83. The number of anilines is 1. The molecule has 34 heavy (non-hydrogen) atoms. The highest BCUT2D eigenvalue weighted by atomic mass is 19.1. The number of rotatable bonds is 8. The maximum Gasteiger partial charge on any atom is 0.226 e. The topological polar surface area (TPSA) is 65.4 Å². The van der Waals surface area contributed by atoms with E-state index in [1.54, 1.807) is 11.8 Å². The molecule has 0 aliphatic rings. The molecule has 0 unspecified atom stereocenters. The quantitative estimate of drug-likeness (QED) is 0.357. The van der Waals surface area contributed by atoms with Crippen molar-refractivity contribution in [2.75, 3.05) is 12.4 Å². The molecule has 0 bridgehead atoms. The first-order valence-electron chi connectivity index (χ1n) is 10.6. The average Bonchev–Trinajstić information content (AvgIpc) is 3.15. The van der Waals surface area contributed by atoms with Crippen LogP contribution in [0.5, 0.6) is 17.4 Å². The third kappa shape index (κ3) is 5.40. The molecule has 0 fully saturated rings. The van der Waals surface area contributed by atoms with Crippen molar-refractivity contribution >= 4 is 11.6 Å². The van der Waals surface area contributed by atoms with Crippen molar-refractivity contribution in [3.05, 3.63) is 95.7 Å². The summed E-state index contributed by atoms with van der Waals surface area (Å²) in [6.45, 7) is 1.84. The fraction of sp³-hybridized carbons (Fsp3) is 0.154. The Morgan fingerprint density at radius 1 is 0.912 bits per heavy atom. The van der Waals surface area contributed by atoms with E-state index in [0.29, 0.717) is 35.2 Å². The molecular weight excluding hydrogens is 440 g/mol. The second-order valence-corrected chi connectivity index (χ2v) is 7.59. The smallest absolute Gasteiger partial charge is 0.226 e. The van der Waals surface area contributed by atoms with Gasteiger partial charge in [0.25, 0.3) is 0 Å². The molecule has 1 aromatic heterocycles. The van der Waals surface area contributed by atoms with Gasteiger partial charge in [-0.3, -0.25) is 4.79 Å². The molecule has 0 radical (unpaired) electrons. The van der Waals surface area contributed by atoms with Gasteiger partial charge in [-0.05, 0) is 86.1 Å². The van der Waals surface area contributed by atoms with E-state index in [1.807, 2.05) is 31.2 Å². The maximum absolute atomic E-state index is 13.4. The summed E-state index contributed by atoms with van der Waals surface area (Å²) >= 11 is 0. The zero-order chi connectivity index (χ0) is 24.1. The minimum atomic E-state index is -0.373. The molecule has 4 aromatic rings. The van der Waals surface area contributed by atoms with Gasteiger partial charge in [0.2, 0.25) is 11.8 Å². The second kappa shape index (κ2) is 10.2. The first-order valence-corrected chi connectivity index (χ1v) is 10.6. The van der Waals surface area contributed by atoms with Gasteiger partial charge < -0.3 is 14.8 Å². The van der Waals surface area contributed by atoms with Crippen LogP contribution in [0, 0.1) is 18.6 Å². The zero-order valence-electron chi connectivity index (χ0n) is 18.7. The van der Waals surface area contributed by atoms with Crippen LogP contribution in [0.15, 0.2) is 72.8 Å². The lowest BCUT2D eigenvalue weighted by atomic mass is 10.1. The van der Waals surface area contributed by atoms with E-state index in [4.69, 9.17) is 9.47 Å². The number of methoxy groups -OCH3 is 1. The molecule has 8 heteroatoms. The van der Waals surface area contributed by atoms with Crippen LogP contribution in [0.2, 0.25) is 0 Å². The Morgan fingerprint density at radius 3 is 2.12 bits per heavy atom. The molecule has 4 rings (SSSR count). The van der Waals surface area contributed by atoms with Gasteiger partial charge in [0.1, 0.15) is 23.1 Å². The highest BCUT2D eigenvalue weighted by molar-refractivity contribution is 5.90. The molecule has 174 valence electrons. The predicted molar refractivity (Wildman–Crippen MR) is 125 cm³/mol. The van der Waals surface area contributed by atoms with Crippen molar-refractivity contribution in [2.45, 2.75) is 19.8 Å². The Balaban J connectivity index is 1.60. The SMILES string of the molecule is COc1ccc(-n2nc(C)c(CCC(=O)Nc3ccc(F)cc3)c2Oc2ccc(F)cc2)cc1. The Hall–Kier alpha value is -4.20. The summed E-state index contributed by atoms with van der Waals surface area (Å²) in [5.41, 5.74) is 2.69. The number of amides is 1. The Morgan fingerprint density at radius 2 is 1.50 bits per heavy atom. The largest absolute Gasteiger partial charge is 0.497 e. The van der Waals surface area contributed by atoms with Crippen molar-refractivity contribution in [3.8, 4) is 23.1 Å². The molecule has 0 aliphatic heterocycles. The molecule has 0 atom stereocenters. The number of hydrogen-bond donors (Lipinski definition) is 1. The Kier molecular flexibility index (Phi) is 6.87. The standard InChI is InChI=1S/C26H23F2N3O3/c1-17-24(15-16-25(32)29-20-7-3-18(27)4-8-20)26(34-23-11-5-19(28)6-12-23)31(30-17)21-9-13-22(33-2)14-10-21/h3-14H,15-16H2,1-2H3,(H,29,32). The van der Waals surface area contributed by atoms with E-state index >= 15 is 0 Å². The third-order valence-corrected chi connectivity index (χ3v) is 5.21. The third-order valence-electron chi connectivity index (χ3n) is 5.21. The number of nitrogens with zero attached hydrogens (tertiary/aromatic N) is 2. The van der Waals surface area contributed by atoms with Gasteiger partial charge in [0.15, 0.2) is 0 Å². The van der Waals surface area contributed by atoms with Crippen molar-refractivity contribution in [1.29, 1.82) is 0 Å². The molecule has 0 aliphatic carbocycles. The summed E-state index contributed by atoms with van der Waals surface area (Å²) in [7, 11) is 1.59. The van der Waals surface area contributed by atoms with E-state index in [9.17, 15) is 13.6 Å². The van der Waals surface area contributed by atoms with Crippen LogP contribution >= 0.6 is 0 Å². The van der Waals surface area contributed by atoms with E-state index in [2.05, 4.69) is 10.4 Å². The molecule has 0 saturated heterocycles. The van der Waals surface area contributed by atoms with Gasteiger partial charge in [0, 0.05) is 17.7 Å². The summed E-state index contributed by atoms with van der Waals surface area (Å²) in [6, 6.07) is 18.6. The van der Waals surface area contributed by atoms with Crippen LogP contribution in [0.25, 0.3) is 5.69 Å². The van der Waals surface area contributed by atoms with Gasteiger partial charge in [-0.15, -0.1) is 0 Å². The summed E-state index contributed by atoms with van der Waals surface area (Å²) in [5.74, 6) is 0.603. The number of carbonyl (C=O) groups is 1. The van der Waals surface area contributed by atoms with E-state index < -0.39 is 0 Å². The molecular formula is C26H23F2N3O3. The van der Waals surface area contributed by atoms with Crippen molar-refractivity contribution in [1.82, 2.24) is 9.78 Å². The maximum atomic E-state index is 13.4. The van der Waals surface area contributed by atoms with Crippen LogP contribution in [-0.4, -0.2) is 22.8 Å². The number of carbonyl (C=O) groups excluding carboxylic acids is 1. The fourth-order valence-corrected chi connectivity index (χ4v) is 3.44. The average molecular weight is 463 g/mol. The van der Waals surface area contributed by atoms with Gasteiger partial charge in [-0.2, -0.15) is 5.10 Å². The molecule has 1 heterocycles. The molecule has 3 aromatic carbocycles. The number of benzene rings is 3. The first kappa shape index (κ1) is 23.0. The normalized spacial score (nSPS) is 10.7. The summed E-state index contributed by atoms with van der Waals surface area (Å²) in [6.07, 6.45) is 0.512. The molecule has 1 N–H and O–H groups in total. The lowest BCUT2D eigenvalue weighted by Crippen LogP contribution is -2.12. The lowest BCUT2D eigenvalue weighted by Gasteiger charge is -2.12. The fourth-order valence-electron chi connectivity index (χ4n) is 3.44. The van der Waals surface area contributed by atoms with Crippen molar-refractivity contribution < 1.29 is 23.0 Å². The second-order valence-electron chi connectivity index (χ2n) is 7.59. The highest BCUT2D eigenvalue weighted by Gasteiger charge is 2.20. The van der Waals surface area contributed by atoms with Gasteiger partial charge in [-0.1, -0.05) is 0 Å². The van der Waals surface area contributed by atoms with Gasteiger partial charge in [-0.25, -0.2) is 13.5 Å². The number of aryl methyl sites for hydroxylation is 1. The van der Waals surface area contributed by atoms with E-state index in [-0.39, 0.29) is 24.0 Å². The van der Waals surface area contributed by atoms with Crippen molar-refractivity contribution in [2.24, 2.45) is 0 Å². The molecule has 0 saturated carbocycles. The van der Waals surface area contributed by atoms with Crippen LogP contribution < -0.4 is 14.8 Å². The summed E-state index contributed by atoms with van der Waals surface area (Å²) in [5, 5.41) is 7.38. The molecule has 0 spiro atoms. The molecule has 1 amide bonds. The molecule has 6 nitrogen and oxygen atoms in total. The van der Waals surface area contributed by atoms with Crippen LogP contribution in [-0.2, 0) is 11.2 Å². The Bertz CT molecular complexity index is 1270. The number of halogens is 2. The zero-order valence-corrected chi connectivity index (χ0v) is 18.7. The summed E-state index contributed by atoms with van der Waals surface area (Å²) < 4.78 is 39.5. The monoisotopic (exact) mass is 463 g/mol. The number of ether oxygens (including phenoxy) is 2. The van der Waals surface area contributed by atoms with Gasteiger partial charge in [0.05, 0.1) is 18.5 Å². The van der Waals surface area contributed by atoms with E-state index in [1.165, 1.54) is 48.5 Å². The number of nitrogens with one attached hydrogen (secondary N) is 1. The summed E-state index contributed by atoms with van der Waals surface area (Å²) in [4.78, 5) is 12.5. The van der Waals surface area contributed by atoms with Crippen LogP contribution in [0.4, 0.5) is 14.5 Å². The van der Waals surface area contributed by atoms with E-state index in [0.717, 1.165) is 11.3 Å². The first-order chi connectivity index (χ1) is 16.4. The number of aromatic nitrogens is 2. The Labute approximate surface area is 195 Å². The highest BCUT2D eigenvalue weighted by Crippen LogP contribution is 2.32. The van der Waals surface area contributed by atoms with Crippen LogP contribution in [0.3, 0.4) is 0 Å². The lowest BCUT2D eigenvalue weighted by molar-refractivity contribution is -0.116. The minimum Gasteiger partial charge on any atom is -0.497 e. The van der Waals surface area contributed by atoms with Gasteiger partial charge >= 0.3 is 0 Å².